The minimum Gasteiger partial charge on any atom is -0.394 e. The summed E-state index contributed by atoms with van der Waals surface area (Å²) in [5, 5.41) is 261. The minimum absolute atomic E-state index is 0.0585. The fraction of sp³-hybridized carbons (Fsp3) is 0.720. The van der Waals surface area contributed by atoms with Gasteiger partial charge < -0.3 is 213 Å². The third-order valence-electron chi connectivity index (χ3n) is 20.4. The van der Waals surface area contributed by atoms with E-state index in [-0.39, 0.29) is 19.6 Å². The lowest BCUT2D eigenvalue weighted by Crippen LogP contribution is -2.68. The third-order valence-corrected chi connectivity index (χ3v) is 20.4. The number of ether oxygens (including phenoxy) is 10. The fourth-order valence-electron chi connectivity index (χ4n) is 14.0. The Morgan fingerprint density at radius 1 is 0.354 bits per heavy atom. The zero-order chi connectivity index (χ0) is 94.4. The van der Waals surface area contributed by atoms with Gasteiger partial charge in [-0.05, 0) is 36.4 Å². The molecule has 0 saturated carbocycles. The predicted octanol–water partition coefficient (Wildman–Crippen LogP) is -15.3. The van der Waals surface area contributed by atoms with Crippen LogP contribution in [0.4, 0.5) is 21.8 Å². The maximum atomic E-state index is 14.2. The Hall–Kier alpha value is -7.72. The summed E-state index contributed by atoms with van der Waals surface area (Å²) in [7, 11) is 0. The average Bonchev–Trinajstić information content (AvgIpc) is 0.780. The van der Waals surface area contributed by atoms with Gasteiger partial charge in [-0.3, -0.25) is 28.8 Å². The first-order valence-electron chi connectivity index (χ1n) is 40.1. The smallest absolute Gasteiger partial charge is 0.217 e. The van der Waals surface area contributed by atoms with Crippen LogP contribution >= 0.6 is 0 Å². The molecule has 52 heteroatoms. The van der Waals surface area contributed by atoms with Crippen molar-refractivity contribution in [3.05, 3.63) is 73.2 Å². The molecule has 5 aliphatic heterocycles. The lowest BCUT2D eigenvalue weighted by molar-refractivity contribution is -0.354. The van der Waals surface area contributed by atoms with Crippen molar-refractivity contribution < 1.29 is 198 Å². The van der Waals surface area contributed by atoms with Gasteiger partial charge in [0.2, 0.25) is 35.4 Å². The number of alkyl halides is 1. The Kier molecular flexibility index (Phi) is 45.0. The molecule has 0 aromatic carbocycles. The zero-order valence-corrected chi connectivity index (χ0v) is 69.6. The minimum atomic E-state index is -2.17. The summed E-state index contributed by atoms with van der Waals surface area (Å²) in [5.74, 6) is -2.42. The molecular formula is C75H121FN12O39. The van der Waals surface area contributed by atoms with E-state index in [4.69, 9.17) is 47.4 Å². The number of anilines is 3. The molecule has 51 nitrogen and oxygen atoms in total. The molecular weight excluding hydrogens is 1710 g/mol. The van der Waals surface area contributed by atoms with Crippen LogP contribution in [-0.4, -0.2) is 467 Å². The molecule has 32 N–H and O–H groups in total. The number of halogens is 1. The van der Waals surface area contributed by atoms with Gasteiger partial charge in [-0.15, -0.1) is 0 Å². The number of nitrogens with one attached hydrogen (secondary N) is 9. The molecule has 722 valence electrons. The number of hydrogen-bond donors (Lipinski definition) is 32. The van der Waals surface area contributed by atoms with Crippen LogP contribution in [0.5, 0.6) is 0 Å². The number of carbonyl (C=O) groups is 6. The number of aliphatic hydroxyl groups excluding tert-OH is 23. The second-order valence-electron chi connectivity index (χ2n) is 30.1. The second-order valence-corrected chi connectivity index (χ2v) is 30.1. The molecule has 5 fully saturated rings. The van der Waals surface area contributed by atoms with Gasteiger partial charge in [0.15, 0.2) is 37.6 Å². The Labute approximate surface area is 725 Å². The standard InChI is InChI=1S/C27H43FN4O14.C27H44N4O15.C21H34N4O10/c1-11(36)31-13(7-30-17-5-3-4-6-29-17)20(39)24(14(38)8-33)45-26-19(32-12(2)37)22(41)25(16(10-35)44-26)46-27-23(42)21(40)18(28)15(9-34)43-27;1-11(35)30-13(7-29-17-5-3-4-6-28-17)19(38)24(14(37)8-32)45-26-18(31-12(2)36)21(40)25(16(10-34)44-26)46-27-23(42)22(41)20(39)15(9-33)43-27;1-10(28)24-12(7-23-15-5-3-4-6-22-15)17(31)20(13(30)8-26)35-21-16(25-11(2)29)19(33)18(32)14(9-27)34-21/h3-6,13-16,18-27,33-35,38-42H,7-10H2,1-2H3,(H,29,30)(H,31,36)(H,32,37);3-6,13-16,18-27,32-34,37-42H,7-10H2,1-2H3,(H,28,29)(H,30,35)(H,31,36);3-6,12-14,16-21,26-27,30-33H,7-9H2,1-2H3,(H,22,23)(H,24,28)(H,25,29)/t13?,14?,15?,16?,18-,19?,20-,21-,22+,23?,24?,25+,26-,27-;13?,14?,15?,16?,18?,19-,20-,21+,22-,23?,24?,25+,26-,27-;12?,13?,14?,16?,17-,18+,19+,20?,21-/m000/s1. The molecule has 37 atom stereocenters. The van der Waals surface area contributed by atoms with Crippen molar-refractivity contribution in [3.8, 4) is 0 Å². The number of rotatable bonds is 42. The molecule has 127 heavy (non-hydrogen) atoms. The lowest BCUT2D eigenvalue weighted by atomic mass is 9.94. The van der Waals surface area contributed by atoms with E-state index >= 15 is 0 Å². The average molecular weight is 1830 g/mol. The van der Waals surface area contributed by atoms with Gasteiger partial charge in [0.1, 0.15) is 188 Å². The van der Waals surface area contributed by atoms with Gasteiger partial charge in [0.25, 0.3) is 0 Å². The van der Waals surface area contributed by atoms with Gasteiger partial charge >= 0.3 is 0 Å². The van der Waals surface area contributed by atoms with Gasteiger partial charge in [-0.1, -0.05) is 18.2 Å². The second kappa shape index (κ2) is 53.0. The van der Waals surface area contributed by atoms with E-state index in [0.29, 0.717) is 17.5 Å². The van der Waals surface area contributed by atoms with Crippen molar-refractivity contribution in [1.29, 1.82) is 0 Å². The van der Waals surface area contributed by atoms with Crippen LogP contribution in [0.2, 0.25) is 0 Å². The maximum absolute atomic E-state index is 14.2. The molecule has 0 radical (unpaired) electrons. The summed E-state index contributed by atoms with van der Waals surface area (Å²) in [6, 6.07) is 7.21. The van der Waals surface area contributed by atoms with Crippen molar-refractivity contribution >= 4 is 52.9 Å². The molecule has 19 unspecified atom stereocenters. The highest BCUT2D eigenvalue weighted by atomic mass is 19.1. The predicted molar refractivity (Wildman–Crippen MR) is 423 cm³/mol. The van der Waals surface area contributed by atoms with Gasteiger partial charge in [0.05, 0.1) is 71.0 Å². The van der Waals surface area contributed by atoms with Crippen LogP contribution in [-0.2, 0) is 76.1 Å². The molecule has 0 spiro atoms. The monoisotopic (exact) mass is 1830 g/mol. The maximum Gasteiger partial charge on any atom is 0.217 e. The lowest BCUT2D eigenvalue weighted by Gasteiger charge is -2.48. The van der Waals surface area contributed by atoms with Crippen LogP contribution in [0.25, 0.3) is 0 Å². The van der Waals surface area contributed by atoms with E-state index in [0.717, 1.165) is 20.8 Å². The van der Waals surface area contributed by atoms with Crippen molar-refractivity contribution in [2.45, 2.75) is 268 Å². The van der Waals surface area contributed by atoms with Gasteiger partial charge in [0, 0.05) is 79.8 Å². The molecule has 3 aromatic heterocycles. The molecule has 3 aromatic rings. The van der Waals surface area contributed by atoms with E-state index < -0.39 is 315 Å². The van der Waals surface area contributed by atoms with E-state index in [1.54, 1.807) is 54.6 Å². The largest absolute Gasteiger partial charge is 0.394 e. The highest BCUT2D eigenvalue weighted by Crippen LogP contribution is 2.35. The zero-order valence-electron chi connectivity index (χ0n) is 69.6. The number of pyridine rings is 3. The first-order chi connectivity index (χ1) is 60.2. The SMILES string of the molecule is CC(=O)NC(CNc1ccccn1)[C@H](O)C(O[C@@H]1OC(CO)[C@@H](O)[C@H](O)C1NC(C)=O)C(O)CO.CC(=O)NC(CNc1ccccn1)[C@H](O)C(O[C@@H]1OC(CO)[C@@H](O[C@@H]2OC(CO)[C@H](F)[C@H](O)C2O)[C@H](O)C1NC(C)=O)C(O)CO.CC(=O)NC(CNc1ccccn1)[C@H](O)C(O[C@@H]1OC(CO)[C@@H](O[C@@H]2OC(CO)[C@H](O)[C@H](O)C2O)[C@H](O)C1NC(C)=O)C(O)CO. The van der Waals surface area contributed by atoms with E-state index in [2.05, 4.69) is 62.8 Å². The Morgan fingerprint density at radius 2 is 0.630 bits per heavy atom. The highest BCUT2D eigenvalue weighted by Gasteiger charge is 2.56. The van der Waals surface area contributed by atoms with E-state index in [1.165, 1.54) is 39.4 Å². The summed E-state index contributed by atoms with van der Waals surface area (Å²) in [4.78, 5) is 84.0. The summed E-state index contributed by atoms with van der Waals surface area (Å²) in [6.45, 7) is -0.246. The van der Waals surface area contributed by atoms with Crippen molar-refractivity contribution in [3.63, 3.8) is 0 Å². The first-order valence-corrected chi connectivity index (χ1v) is 40.1. The molecule has 8 heterocycles. The fourth-order valence-corrected chi connectivity index (χ4v) is 14.0. The number of carbonyl (C=O) groups excluding carboxylic acids is 6. The molecule has 0 bridgehead atoms. The van der Waals surface area contributed by atoms with Crippen LogP contribution in [0.15, 0.2) is 73.2 Å². The number of aromatic nitrogens is 3. The van der Waals surface area contributed by atoms with Gasteiger partial charge in [-0.2, -0.15) is 0 Å². The molecule has 5 saturated heterocycles. The van der Waals surface area contributed by atoms with Crippen LogP contribution in [0.3, 0.4) is 0 Å². The van der Waals surface area contributed by atoms with Crippen LogP contribution < -0.4 is 47.9 Å². The van der Waals surface area contributed by atoms with Crippen molar-refractivity contribution in [2.24, 2.45) is 0 Å². The normalized spacial score (nSPS) is 32.4. The molecule has 5 aliphatic rings. The Morgan fingerprint density at radius 3 is 0.906 bits per heavy atom. The number of amides is 6. The van der Waals surface area contributed by atoms with Gasteiger partial charge in [-0.25, -0.2) is 19.3 Å². The molecule has 6 amide bonds. The quantitative estimate of drug-likeness (QED) is 0.0250. The Balaban J connectivity index is 0.000000297. The number of nitrogens with zero attached hydrogens (tertiary/aromatic N) is 3. The van der Waals surface area contributed by atoms with E-state index in [9.17, 15) is 151 Å². The third kappa shape index (κ3) is 31.0. The summed E-state index contributed by atoms with van der Waals surface area (Å²) >= 11 is 0. The van der Waals surface area contributed by atoms with Crippen LogP contribution in [0, 0.1) is 0 Å². The first kappa shape index (κ1) is 108. The summed E-state index contributed by atoms with van der Waals surface area (Å²) < 4.78 is 70.5. The topological polar surface area (TPSA) is 807 Å². The number of aliphatic hydroxyl groups is 23. The van der Waals surface area contributed by atoms with E-state index in [1.807, 2.05) is 0 Å². The summed E-state index contributed by atoms with van der Waals surface area (Å²) in [6.07, 6.45) is -48.6. The summed E-state index contributed by atoms with van der Waals surface area (Å²) in [5.41, 5.74) is 0. The highest BCUT2D eigenvalue weighted by molar-refractivity contribution is 5.75. The number of hydrogen-bond acceptors (Lipinski definition) is 45. The Bertz CT molecular complexity index is 3560. The van der Waals surface area contributed by atoms with Crippen molar-refractivity contribution in [1.82, 2.24) is 46.9 Å². The molecule has 8 rings (SSSR count). The van der Waals surface area contributed by atoms with Crippen LogP contribution in [0.1, 0.15) is 41.5 Å². The van der Waals surface area contributed by atoms with Crippen molar-refractivity contribution in [2.75, 3.05) is 88.4 Å². The molecule has 0 aliphatic carbocycles.